The lowest BCUT2D eigenvalue weighted by Crippen LogP contribution is -2.59. The summed E-state index contributed by atoms with van der Waals surface area (Å²) in [6.07, 6.45) is 0.747. The first-order valence-electron chi connectivity index (χ1n) is 21.9. The van der Waals surface area contributed by atoms with Crippen molar-refractivity contribution in [2.24, 2.45) is 17.6 Å². The second-order valence-corrected chi connectivity index (χ2v) is 17.3. The Balaban J connectivity index is 1.88. The lowest BCUT2D eigenvalue weighted by Gasteiger charge is -2.30. The molecule has 12 N–H and O–H groups in total. The van der Waals surface area contributed by atoms with E-state index >= 15 is 0 Å². The number of carboxylic acid groups (broad SMARTS) is 2. The highest BCUT2D eigenvalue weighted by Crippen LogP contribution is 2.21. The summed E-state index contributed by atoms with van der Waals surface area (Å²) in [5.74, 6) is -10.5. The molecule has 2 aliphatic heterocycles. The molecule has 2 heterocycles. The lowest BCUT2D eigenvalue weighted by molar-refractivity contribution is -0.144. The van der Waals surface area contributed by atoms with E-state index in [0.717, 1.165) is 0 Å². The summed E-state index contributed by atoms with van der Waals surface area (Å²) >= 11 is 0. The molecule has 0 aromatic carbocycles. The molecule has 0 aromatic rings. The summed E-state index contributed by atoms with van der Waals surface area (Å²) in [5.41, 5.74) is 5.50. The quantitative estimate of drug-likeness (QED) is 0.0463. The van der Waals surface area contributed by atoms with Gasteiger partial charge in [-0.05, 0) is 72.1 Å². The Morgan fingerprint density at radius 1 is 0.515 bits per heavy atom. The molecule has 10 amide bonds. The van der Waals surface area contributed by atoms with Crippen LogP contribution in [0.4, 0.5) is 0 Å². The van der Waals surface area contributed by atoms with Gasteiger partial charge in [0, 0.05) is 13.1 Å². The van der Waals surface area contributed by atoms with E-state index in [1.54, 1.807) is 27.7 Å². The molecule has 370 valence electrons. The minimum absolute atomic E-state index is 0.161. The number of nitrogens with two attached hydrogens (primary N) is 1. The number of carboxylic acids is 2. The van der Waals surface area contributed by atoms with Gasteiger partial charge in [-0.25, -0.2) is 4.79 Å². The van der Waals surface area contributed by atoms with Crippen molar-refractivity contribution < 1.29 is 67.7 Å². The van der Waals surface area contributed by atoms with Crippen LogP contribution in [0.1, 0.15) is 94.4 Å². The van der Waals surface area contributed by atoms with E-state index in [1.165, 1.54) is 44.4 Å². The Morgan fingerprint density at radius 3 is 1.39 bits per heavy atom. The Labute approximate surface area is 382 Å². The van der Waals surface area contributed by atoms with Crippen LogP contribution in [-0.4, -0.2) is 171 Å². The van der Waals surface area contributed by atoms with Crippen molar-refractivity contribution in [3.63, 3.8) is 0 Å². The van der Waals surface area contributed by atoms with Crippen LogP contribution < -0.4 is 48.3 Å². The summed E-state index contributed by atoms with van der Waals surface area (Å²) in [6, 6.07) is -11.5. The maximum Gasteiger partial charge on any atom is 0.326 e. The number of amides is 10. The van der Waals surface area contributed by atoms with Gasteiger partial charge in [-0.15, -0.1) is 0 Å². The van der Waals surface area contributed by atoms with E-state index in [0.29, 0.717) is 12.8 Å². The fraction of sp³-hybridized carbons (Fsp3) is 0.707. The van der Waals surface area contributed by atoms with Crippen LogP contribution in [0, 0.1) is 11.8 Å². The van der Waals surface area contributed by atoms with Crippen molar-refractivity contribution in [1.82, 2.24) is 52.3 Å². The Morgan fingerprint density at radius 2 is 0.939 bits per heavy atom. The fourth-order valence-corrected chi connectivity index (χ4v) is 7.17. The zero-order valence-electron chi connectivity index (χ0n) is 38.9. The molecular formula is C41H67N11O14. The average molecular weight is 938 g/mol. The minimum atomic E-state index is -1.40. The first kappa shape index (κ1) is 55.7. The van der Waals surface area contributed by atoms with Gasteiger partial charge in [-0.2, -0.15) is 0 Å². The van der Waals surface area contributed by atoms with Gasteiger partial charge in [0.05, 0.1) is 19.0 Å². The number of hydrogen-bond acceptors (Lipinski definition) is 13. The highest BCUT2D eigenvalue weighted by Gasteiger charge is 2.40. The number of nitrogens with one attached hydrogen (secondary N) is 8. The van der Waals surface area contributed by atoms with Gasteiger partial charge in [0.25, 0.3) is 0 Å². The van der Waals surface area contributed by atoms with Crippen molar-refractivity contribution in [2.45, 2.75) is 155 Å². The molecule has 10 atom stereocenters. The molecule has 0 bridgehead atoms. The molecule has 0 aliphatic carbocycles. The molecule has 0 aromatic heterocycles. The third kappa shape index (κ3) is 16.2. The molecule has 0 spiro atoms. The van der Waals surface area contributed by atoms with Crippen LogP contribution in [0.2, 0.25) is 0 Å². The fourth-order valence-electron chi connectivity index (χ4n) is 7.17. The van der Waals surface area contributed by atoms with Crippen molar-refractivity contribution in [1.29, 1.82) is 0 Å². The predicted molar refractivity (Wildman–Crippen MR) is 232 cm³/mol. The predicted octanol–water partition coefficient (Wildman–Crippen LogP) is -4.22. The molecule has 66 heavy (non-hydrogen) atoms. The van der Waals surface area contributed by atoms with Gasteiger partial charge in [-0.3, -0.25) is 52.7 Å². The normalized spacial score (nSPS) is 19.4. The number of rotatable bonds is 23. The summed E-state index contributed by atoms with van der Waals surface area (Å²) in [7, 11) is 0. The standard InChI is InChI=1S/C41H67N11O14/c1-18(2)30(38(62)50-31(19(3)4)41(65)66)49-37(61)27-13-11-15-52(27)39(63)23(8)44-28(53)17-43-32(56)20(5)47-36(60)26-12-10-14-51(26)40(64)24(9)48-34(58)21(6)45-33(57)22(7)46-35(59)25(42)16-29(54)55/h18-27,30-31H,10-17,42H2,1-9H3,(H,43,56)(H,44,53)(H,45,57)(H,46,59)(H,47,60)(H,48,58)(H,49,61)(H,50,62)(H,54,55)(H,65,66)/t20-,21-,22-,23-,24-,25-,26-,27-,30-,31-/m0/s1. The van der Waals surface area contributed by atoms with Crippen LogP contribution >= 0.6 is 0 Å². The highest BCUT2D eigenvalue weighted by atomic mass is 16.4. The number of nitrogens with zero attached hydrogens (tertiary/aromatic N) is 2. The Kier molecular flexibility index (Phi) is 21.4. The van der Waals surface area contributed by atoms with Crippen molar-refractivity contribution in [2.75, 3.05) is 19.6 Å². The van der Waals surface area contributed by atoms with Gasteiger partial charge in [0.2, 0.25) is 59.1 Å². The molecule has 25 heteroatoms. The molecule has 0 unspecified atom stereocenters. The molecule has 0 radical (unpaired) electrons. The molecule has 2 rings (SSSR count). The topological polar surface area (TPSA) is 374 Å². The SMILES string of the molecule is CC(C)[C@H](NC(=O)[C@@H](NC(=O)[C@@H]1CCCN1C(=O)[C@H](C)NC(=O)CNC(=O)[C@H](C)NC(=O)[C@@H]1CCCN1C(=O)[C@H](C)NC(=O)[C@H](C)NC(=O)[C@H](C)NC(=O)[C@@H](N)CC(=O)O)C(C)C)C(=O)O. The number of likely N-dealkylation sites (tertiary alicyclic amines) is 2. The molecular weight excluding hydrogens is 871 g/mol. The minimum Gasteiger partial charge on any atom is -0.481 e. The molecule has 25 nitrogen and oxygen atoms in total. The van der Waals surface area contributed by atoms with Gasteiger partial charge in [0.1, 0.15) is 54.4 Å². The van der Waals surface area contributed by atoms with Crippen molar-refractivity contribution in [3.8, 4) is 0 Å². The van der Waals surface area contributed by atoms with Crippen LogP contribution in [0.3, 0.4) is 0 Å². The maximum absolute atomic E-state index is 13.4. The largest absolute Gasteiger partial charge is 0.481 e. The van der Waals surface area contributed by atoms with Gasteiger partial charge < -0.3 is 68.3 Å². The van der Waals surface area contributed by atoms with Gasteiger partial charge >= 0.3 is 11.9 Å². The number of aliphatic carboxylic acids is 2. The maximum atomic E-state index is 13.4. The molecule has 0 saturated carbocycles. The third-order valence-electron chi connectivity index (χ3n) is 11.0. The monoisotopic (exact) mass is 937 g/mol. The van der Waals surface area contributed by atoms with E-state index in [9.17, 15) is 62.6 Å². The number of carbonyl (C=O) groups excluding carboxylic acids is 10. The third-order valence-corrected chi connectivity index (χ3v) is 11.0. The Hall–Kier alpha value is -6.40. The second-order valence-electron chi connectivity index (χ2n) is 17.3. The van der Waals surface area contributed by atoms with Crippen LogP contribution in [0.5, 0.6) is 0 Å². The number of hydrogen-bond donors (Lipinski definition) is 11. The van der Waals surface area contributed by atoms with Crippen LogP contribution in [0.15, 0.2) is 0 Å². The average Bonchev–Trinajstić information content (AvgIpc) is 3.93. The first-order chi connectivity index (χ1) is 30.7. The van der Waals surface area contributed by atoms with Crippen molar-refractivity contribution in [3.05, 3.63) is 0 Å². The highest BCUT2D eigenvalue weighted by molar-refractivity contribution is 5.98. The summed E-state index contributed by atoms with van der Waals surface area (Å²) < 4.78 is 0. The zero-order valence-corrected chi connectivity index (χ0v) is 38.9. The van der Waals surface area contributed by atoms with E-state index < -0.39 is 156 Å². The van der Waals surface area contributed by atoms with Gasteiger partial charge in [0.15, 0.2) is 0 Å². The van der Waals surface area contributed by atoms with Crippen LogP contribution in [-0.2, 0) is 57.5 Å². The molecule has 2 saturated heterocycles. The van der Waals surface area contributed by atoms with Gasteiger partial charge in [-0.1, -0.05) is 27.7 Å². The second kappa shape index (κ2) is 25.3. The van der Waals surface area contributed by atoms with Crippen LogP contribution in [0.25, 0.3) is 0 Å². The summed E-state index contributed by atoms with van der Waals surface area (Å²) in [5, 5.41) is 37.9. The molecule has 2 fully saturated rings. The lowest BCUT2D eigenvalue weighted by atomic mass is 9.99. The first-order valence-corrected chi connectivity index (χ1v) is 21.9. The molecule has 2 aliphatic rings. The summed E-state index contributed by atoms with van der Waals surface area (Å²) in [6.45, 7) is 13.1. The zero-order chi connectivity index (χ0) is 50.3. The van der Waals surface area contributed by atoms with E-state index in [-0.39, 0.29) is 25.9 Å². The van der Waals surface area contributed by atoms with E-state index in [2.05, 4.69) is 42.5 Å². The smallest absolute Gasteiger partial charge is 0.326 e. The number of carbonyl (C=O) groups is 12. The van der Waals surface area contributed by atoms with E-state index in [1.807, 2.05) is 0 Å². The summed E-state index contributed by atoms with van der Waals surface area (Å²) in [4.78, 5) is 155. The van der Waals surface area contributed by atoms with E-state index in [4.69, 9.17) is 10.8 Å². The Bertz CT molecular complexity index is 1860. The van der Waals surface area contributed by atoms with Crippen molar-refractivity contribution >= 4 is 71.0 Å².